The van der Waals surface area contributed by atoms with Crippen molar-refractivity contribution in [3.05, 3.63) is 88.7 Å². The summed E-state index contributed by atoms with van der Waals surface area (Å²) in [5.41, 5.74) is 1.68. The van der Waals surface area contributed by atoms with Gasteiger partial charge in [-0.1, -0.05) is 12.1 Å². The van der Waals surface area contributed by atoms with Gasteiger partial charge in [-0.05, 0) is 36.4 Å². The number of nitro benzene ring substituents is 1. The highest BCUT2D eigenvalue weighted by molar-refractivity contribution is 7.89. The molecule has 0 radical (unpaired) electrons. The molecule has 162 valence electrons. The van der Waals surface area contributed by atoms with Crippen molar-refractivity contribution >= 4 is 21.9 Å². The summed E-state index contributed by atoms with van der Waals surface area (Å²) in [5.74, 6) is 1.23. The molecule has 4 rings (SSSR count). The van der Waals surface area contributed by atoms with Gasteiger partial charge in [0, 0.05) is 30.2 Å². The number of aromatic nitrogens is 1. The lowest BCUT2D eigenvalue weighted by Gasteiger charge is -2.05. The number of oxazole rings is 1. The largest absolute Gasteiger partial charge is 0.463 e. The molecule has 0 saturated heterocycles. The molecule has 11 heteroatoms. The maximum atomic E-state index is 12.4. The van der Waals surface area contributed by atoms with Crippen molar-refractivity contribution < 1.29 is 22.2 Å². The van der Waals surface area contributed by atoms with Gasteiger partial charge >= 0.3 is 0 Å². The summed E-state index contributed by atoms with van der Waals surface area (Å²) < 4.78 is 35.6. The van der Waals surface area contributed by atoms with Crippen LogP contribution in [0.1, 0.15) is 11.7 Å². The molecule has 4 aromatic rings. The Hall–Kier alpha value is -4.25. The first kappa shape index (κ1) is 21.0. The van der Waals surface area contributed by atoms with Crippen LogP contribution in [-0.2, 0) is 10.0 Å². The second-order valence-corrected chi connectivity index (χ2v) is 8.27. The van der Waals surface area contributed by atoms with Gasteiger partial charge in [-0.15, -0.1) is 0 Å². The van der Waals surface area contributed by atoms with Crippen LogP contribution in [-0.4, -0.2) is 24.5 Å². The molecule has 0 atom stereocenters. The van der Waals surface area contributed by atoms with Crippen molar-refractivity contribution in [3.8, 4) is 22.6 Å². The highest BCUT2D eigenvalue weighted by Crippen LogP contribution is 2.33. The molecule has 2 aromatic carbocycles. The minimum atomic E-state index is -3.88. The fourth-order valence-electron chi connectivity index (χ4n) is 2.92. The number of nitrogens with one attached hydrogen (secondary N) is 1. The van der Waals surface area contributed by atoms with Gasteiger partial charge in [0.15, 0.2) is 11.7 Å². The molecule has 0 amide bonds. The maximum absolute atomic E-state index is 12.4. The summed E-state index contributed by atoms with van der Waals surface area (Å²) >= 11 is 0. The zero-order valence-electron chi connectivity index (χ0n) is 16.6. The average molecular weight is 452 g/mol. The summed E-state index contributed by atoms with van der Waals surface area (Å²) in [5, 5.41) is 14.6. The van der Waals surface area contributed by atoms with Crippen LogP contribution in [0.4, 0.5) is 5.69 Å². The molecule has 0 bridgehead atoms. The third-order valence-electron chi connectivity index (χ3n) is 4.42. The highest BCUT2D eigenvalue weighted by Gasteiger charge is 2.18. The first-order valence-corrected chi connectivity index (χ1v) is 10.7. The lowest BCUT2D eigenvalue weighted by Crippen LogP contribution is -2.18. The zero-order valence-corrected chi connectivity index (χ0v) is 17.4. The Bertz CT molecular complexity index is 1370. The lowest BCUT2D eigenvalue weighted by atomic mass is 10.1. The van der Waals surface area contributed by atoms with Crippen molar-refractivity contribution in [1.82, 2.24) is 9.82 Å². The second kappa shape index (κ2) is 8.47. The van der Waals surface area contributed by atoms with Gasteiger partial charge in [-0.25, -0.2) is 4.98 Å². The number of nitrogens with zero attached hydrogens (tertiary/aromatic N) is 3. The van der Waals surface area contributed by atoms with E-state index in [4.69, 9.17) is 8.83 Å². The number of sulfonamides is 1. The SMILES string of the molecule is Cc1nc(-c2ccc(S(=O)(=O)NN=Cc3ccco3)cc2)c(-c2ccc([N+](=O)[O-])cc2)o1. The van der Waals surface area contributed by atoms with Gasteiger partial charge in [-0.3, -0.25) is 10.1 Å². The smallest absolute Gasteiger partial charge is 0.276 e. The molecule has 0 saturated carbocycles. The van der Waals surface area contributed by atoms with Crippen molar-refractivity contribution in [2.75, 3.05) is 0 Å². The number of non-ortho nitro benzene ring substituents is 1. The van der Waals surface area contributed by atoms with Crippen molar-refractivity contribution in [2.45, 2.75) is 11.8 Å². The Morgan fingerprint density at radius 2 is 1.75 bits per heavy atom. The number of rotatable bonds is 7. The summed E-state index contributed by atoms with van der Waals surface area (Å²) in [7, 11) is -3.88. The third kappa shape index (κ3) is 4.42. The Morgan fingerprint density at radius 3 is 2.38 bits per heavy atom. The number of furan rings is 1. The van der Waals surface area contributed by atoms with Gasteiger partial charge in [0.05, 0.1) is 22.3 Å². The molecule has 0 unspecified atom stereocenters. The number of hydrogen-bond acceptors (Lipinski definition) is 8. The first-order valence-electron chi connectivity index (χ1n) is 9.24. The quantitative estimate of drug-likeness (QED) is 0.252. The Kier molecular flexibility index (Phi) is 5.56. The normalized spacial score (nSPS) is 11.7. The van der Waals surface area contributed by atoms with Gasteiger partial charge < -0.3 is 8.83 Å². The van der Waals surface area contributed by atoms with Gasteiger partial charge in [0.1, 0.15) is 11.5 Å². The van der Waals surface area contributed by atoms with Gasteiger partial charge in [0.25, 0.3) is 15.7 Å². The van der Waals surface area contributed by atoms with Crippen LogP contribution in [0.15, 0.2) is 85.8 Å². The fraction of sp³-hybridized carbons (Fsp3) is 0.0476. The lowest BCUT2D eigenvalue weighted by molar-refractivity contribution is -0.384. The predicted octanol–water partition coefficient (Wildman–Crippen LogP) is 4.13. The van der Waals surface area contributed by atoms with E-state index in [2.05, 4.69) is 14.9 Å². The summed E-state index contributed by atoms with van der Waals surface area (Å²) in [6.07, 6.45) is 2.70. The van der Waals surface area contributed by atoms with E-state index in [1.54, 1.807) is 43.3 Å². The molecular weight excluding hydrogens is 436 g/mol. The molecule has 1 N–H and O–H groups in total. The summed E-state index contributed by atoms with van der Waals surface area (Å²) in [6, 6.07) is 15.2. The monoisotopic (exact) mass is 452 g/mol. The minimum Gasteiger partial charge on any atom is -0.463 e. The molecule has 2 heterocycles. The van der Waals surface area contributed by atoms with Crippen molar-refractivity contribution in [1.29, 1.82) is 0 Å². The van der Waals surface area contributed by atoms with Crippen molar-refractivity contribution in [2.24, 2.45) is 5.10 Å². The molecule has 10 nitrogen and oxygen atoms in total. The van der Waals surface area contributed by atoms with E-state index >= 15 is 0 Å². The number of hydrogen-bond donors (Lipinski definition) is 1. The topological polar surface area (TPSA) is 141 Å². The Labute approximate surface area is 182 Å². The molecular formula is C21H16N4O6S. The molecule has 0 aliphatic carbocycles. The maximum Gasteiger partial charge on any atom is 0.276 e. The molecule has 0 aliphatic rings. The van der Waals surface area contributed by atoms with Crippen LogP contribution in [0, 0.1) is 17.0 Å². The third-order valence-corrected chi connectivity index (χ3v) is 5.66. The second-order valence-electron chi connectivity index (χ2n) is 6.61. The predicted molar refractivity (Wildman–Crippen MR) is 115 cm³/mol. The van der Waals surface area contributed by atoms with E-state index in [1.165, 1.54) is 36.7 Å². The molecule has 32 heavy (non-hydrogen) atoms. The minimum absolute atomic E-state index is 0.00921. The zero-order chi connectivity index (χ0) is 22.7. The summed E-state index contributed by atoms with van der Waals surface area (Å²) in [6.45, 7) is 1.68. The van der Waals surface area contributed by atoms with Gasteiger partial charge in [-0.2, -0.15) is 18.4 Å². The molecule has 0 fully saturated rings. The molecule has 0 aliphatic heterocycles. The summed E-state index contributed by atoms with van der Waals surface area (Å²) in [4.78, 5) is 16.9. The van der Waals surface area contributed by atoms with E-state index in [0.717, 1.165) is 0 Å². The van der Waals surface area contributed by atoms with E-state index in [1.807, 2.05) is 0 Å². The molecule has 0 spiro atoms. The van der Waals surface area contributed by atoms with Crippen LogP contribution in [0.5, 0.6) is 0 Å². The number of nitro groups is 1. The number of benzene rings is 2. The van der Waals surface area contributed by atoms with Crippen LogP contribution < -0.4 is 4.83 Å². The van der Waals surface area contributed by atoms with E-state index in [9.17, 15) is 18.5 Å². The van der Waals surface area contributed by atoms with Crippen LogP contribution >= 0.6 is 0 Å². The van der Waals surface area contributed by atoms with E-state index in [0.29, 0.717) is 34.2 Å². The van der Waals surface area contributed by atoms with E-state index in [-0.39, 0.29) is 10.6 Å². The van der Waals surface area contributed by atoms with Crippen LogP contribution in [0.25, 0.3) is 22.6 Å². The highest BCUT2D eigenvalue weighted by atomic mass is 32.2. The molecule has 2 aromatic heterocycles. The number of aryl methyl sites for hydroxylation is 1. The van der Waals surface area contributed by atoms with E-state index < -0.39 is 14.9 Å². The standard InChI is InChI=1S/C21H16N4O6S/c1-14-23-20(21(31-14)16-4-8-17(9-5-16)25(26)27)15-6-10-19(11-7-15)32(28,29)24-22-13-18-3-2-12-30-18/h2-13,24H,1H3. The first-order chi connectivity index (χ1) is 15.3. The van der Waals surface area contributed by atoms with Crippen molar-refractivity contribution in [3.63, 3.8) is 0 Å². The van der Waals surface area contributed by atoms with Gasteiger partial charge in [0.2, 0.25) is 0 Å². The number of hydrazone groups is 1. The average Bonchev–Trinajstić information content (AvgIpc) is 3.43. The fourth-order valence-corrected chi connectivity index (χ4v) is 3.71. The Morgan fingerprint density at radius 1 is 1.06 bits per heavy atom. The van der Waals surface area contributed by atoms with Crippen LogP contribution in [0.3, 0.4) is 0 Å². The Balaban J connectivity index is 1.59. The van der Waals surface area contributed by atoms with Crippen LogP contribution in [0.2, 0.25) is 0 Å².